The van der Waals surface area contributed by atoms with Crippen molar-refractivity contribution in [2.24, 2.45) is 11.8 Å². The Kier molecular flexibility index (Phi) is 4.18. The highest BCUT2D eigenvalue weighted by Crippen LogP contribution is 2.33. The minimum atomic E-state index is 0.866. The molecule has 1 heteroatoms. The molecule has 1 N–H and O–H groups in total. The van der Waals surface area contributed by atoms with Gasteiger partial charge in [0.1, 0.15) is 0 Å². The monoisotopic (exact) mass is 165 g/mol. The Morgan fingerprint density at radius 3 is 2.75 bits per heavy atom. The Hall–Kier alpha value is -0.480. The van der Waals surface area contributed by atoms with Crippen molar-refractivity contribution >= 4 is 0 Å². The van der Waals surface area contributed by atoms with Gasteiger partial charge in [0.05, 0.1) is 0 Å². The van der Waals surface area contributed by atoms with E-state index in [-0.39, 0.29) is 0 Å². The average molecular weight is 165 g/mol. The van der Waals surface area contributed by atoms with Crippen molar-refractivity contribution in [1.82, 2.24) is 5.32 Å². The van der Waals surface area contributed by atoms with Crippen LogP contribution < -0.4 is 5.32 Å². The van der Waals surface area contributed by atoms with Crippen LogP contribution in [-0.4, -0.2) is 13.6 Å². The van der Waals surface area contributed by atoms with Crippen LogP contribution in [0.3, 0.4) is 0 Å². The smallest absolute Gasteiger partial charge is 0.0120 e. The van der Waals surface area contributed by atoms with Crippen LogP contribution in [0.1, 0.15) is 32.6 Å². The van der Waals surface area contributed by atoms with Gasteiger partial charge in [-0.15, -0.1) is 11.8 Å². The highest BCUT2D eigenvalue weighted by molar-refractivity contribution is 4.98. The summed E-state index contributed by atoms with van der Waals surface area (Å²) in [6.07, 6.45) is 5.31. The van der Waals surface area contributed by atoms with Gasteiger partial charge < -0.3 is 5.32 Å². The van der Waals surface area contributed by atoms with Gasteiger partial charge in [-0.2, -0.15) is 0 Å². The van der Waals surface area contributed by atoms with E-state index < -0.39 is 0 Å². The average Bonchev–Trinajstić information content (AvgIpc) is 2.50. The van der Waals surface area contributed by atoms with E-state index in [9.17, 15) is 0 Å². The summed E-state index contributed by atoms with van der Waals surface area (Å²) in [5, 5.41) is 3.27. The molecule has 0 spiro atoms. The Labute approximate surface area is 75.9 Å². The van der Waals surface area contributed by atoms with Crippen LogP contribution in [0.4, 0.5) is 0 Å². The molecule has 1 aliphatic rings. The van der Waals surface area contributed by atoms with E-state index in [0.717, 1.165) is 18.3 Å². The second-order valence-corrected chi connectivity index (χ2v) is 3.64. The predicted octanol–water partition coefficient (Wildman–Crippen LogP) is 2.04. The summed E-state index contributed by atoms with van der Waals surface area (Å²) in [6.45, 7) is 3.11. The van der Waals surface area contributed by atoms with Gasteiger partial charge >= 0.3 is 0 Å². The number of hydrogen-bond acceptors (Lipinski definition) is 1. The van der Waals surface area contributed by atoms with Gasteiger partial charge in [0, 0.05) is 6.42 Å². The Bertz CT molecular complexity index is 175. The molecule has 0 radical (unpaired) electrons. The van der Waals surface area contributed by atoms with Gasteiger partial charge in [-0.1, -0.05) is 6.42 Å². The van der Waals surface area contributed by atoms with E-state index >= 15 is 0 Å². The largest absolute Gasteiger partial charge is 0.319 e. The van der Waals surface area contributed by atoms with Crippen LogP contribution in [0.25, 0.3) is 0 Å². The van der Waals surface area contributed by atoms with E-state index in [4.69, 9.17) is 0 Å². The van der Waals surface area contributed by atoms with Crippen molar-refractivity contribution < 1.29 is 0 Å². The lowest BCUT2D eigenvalue weighted by Crippen LogP contribution is -2.21. The van der Waals surface area contributed by atoms with Crippen LogP contribution in [-0.2, 0) is 0 Å². The fourth-order valence-electron chi connectivity index (χ4n) is 2.15. The summed E-state index contributed by atoms with van der Waals surface area (Å²) in [4.78, 5) is 0. The minimum absolute atomic E-state index is 0.866. The first-order chi connectivity index (χ1) is 5.88. The van der Waals surface area contributed by atoms with E-state index in [1.807, 2.05) is 14.0 Å². The Morgan fingerprint density at radius 1 is 1.33 bits per heavy atom. The molecule has 0 amide bonds. The molecule has 1 aliphatic carbocycles. The lowest BCUT2D eigenvalue weighted by Gasteiger charge is -2.16. The molecular formula is C11H19N. The van der Waals surface area contributed by atoms with Crippen LogP contribution in [0.5, 0.6) is 0 Å². The Morgan fingerprint density at radius 2 is 2.08 bits per heavy atom. The summed E-state index contributed by atoms with van der Waals surface area (Å²) in [6, 6.07) is 0. The molecule has 1 nitrogen and oxygen atoms in total. The van der Waals surface area contributed by atoms with Gasteiger partial charge in [0.15, 0.2) is 0 Å². The minimum Gasteiger partial charge on any atom is -0.319 e. The summed E-state index contributed by atoms with van der Waals surface area (Å²) in [7, 11) is 2.04. The van der Waals surface area contributed by atoms with E-state index in [2.05, 4.69) is 17.2 Å². The Balaban J connectivity index is 2.33. The van der Waals surface area contributed by atoms with Gasteiger partial charge in [-0.05, 0) is 45.2 Å². The van der Waals surface area contributed by atoms with Crippen LogP contribution in [0.2, 0.25) is 0 Å². The van der Waals surface area contributed by atoms with Crippen molar-refractivity contribution in [3.63, 3.8) is 0 Å². The maximum absolute atomic E-state index is 3.27. The molecule has 1 rings (SSSR count). The molecule has 0 aromatic carbocycles. The molecule has 2 unspecified atom stereocenters. The second kappa shape index (κ2) is 5.22. The molecule has 0 aromatic heterocycles. The zero-order valence-electron chi connectivity index (χ0n) is 8.19. The maximum atomic E-state index is 3.27. The molecule has 0 saturated heterocycles. The fraction of sp³-hybridized carbons (Fsp3) is 0.818. The lowest BCUT2D eigenvalue weighted by molar-refractivity contribution is 0.383. The normalized spacial score (nSPS) is 28.2. The SMILES string of the molecule is CC#CCC1CCCC1CNC. The van der Waals surface area contributed by atoms with Crippen molar-refractivity contribution in [2.45, 2.75) is 32.6 Å². The van der Waals surface area contributed by atoms with E-state index in [1.54, 1.807) is 0 Å². The molecule has 12 heavy (non-hydrogen) atoms. The fourth-order valence-corrected chi connectivity index (χ4v) is 2.15. The first-order valence-electron chi connectivity index (χ1n) is 4.92. The van der Waals surface area contributed by atoms with Crippen LogP contribution in [0.15, 0.2) is 0 Å². The summed E-state index contributed by atoms with van der Waals surface area (Å²) in [5.41, 5.74) is 0. The van der Waals surface area contributed by atoms with E-state index in [1.165, 1.54) is 25.8 Å². The van der Waals surface area contributed by atoms with Crippen molar-refractivity contribution in [2.75, 3.05) is 13.6 Å². The second-order valence-electron chi connectivity index (χ2n) is 3.64. The van der Waals surface area contributed by atoms with Gasteiger partial charge in [-0.25, -0.2) is 0 Å². The molecule has 1 saturated carbocycles. The highest BCUT2D eigenvalue weighted by atomic mass is 14.8. The van der Waals surface area contributed by atoms with Crippen LogP contribution >= 0.6 is 0 Å². The lowest BCUT2D eigenvalue weighted by atomic mass is 9.93. The van der Waals surface area contributed by atoms with Gasteiger partial charge in [0.2, 0.25) is 0 Å². The van der Waals surface area contributed by atoms with Crippen molar-refractivity contribution in [3.05, 3.63) is 0 Å². The highest BCUT2D eigenvalue weighted by Gasteiger charge is 2.25. The molecule has 2 atom stereocenters. The summed E-state index contributed by atoms with van der Waals surface area (Å²) in [5.74, 6) is 7.94. The first kappa shape index (κ1) is 9.61. The standard InChI is InChI=1S/C11H19N/c1-3-4-6-10-7-5-8-11(10)9-12-2/h10-12H,5-9H2,1-2H3. The maximum Gasteiger partial charge on any atom is 0.0120 e. The summed E-state index contributed by atoms with van der Waals surface area (Å²) < 4.78 is 0. The third-order valence-corrected chi connectivity index (χ3v) is 2.82. The van der Waals surface area contributed by atoms with Crippen molar-refractivity contribution in [3.8, 4) is 11.8 Å². The molecular weight excluding hydrogens is 146 g/mol. The number of hydrogen-bond donors (Lipinski definition) is 1. The third kappa shape index (κ3) is 2.53. The quantitative estimate of drug-likeness (QED) is 0.631. The zero-order chi connectivity index (χ0) is 8.81. The molecule has 0 heterocycles. The topological polar surface area (TPSA) is 12.0 Å². The van der Waals surface area contributed by atoms with Gasteiger partial charge in [-0.3, -0.25) is 0 Å². The van der Waals surface area contributed by atoms with Gasteiger partial charge in [0.25, 0.3) is 0 Å². The molecule has 0 aromatic rings. The predicted molar refractivity (Wildman–Crippen MR) is 52.8 cm³/mol. The molecule has 68 valence electrons. The number of rotatable bonds is 3. The molecule has 0 bridgehead atoms. The zero-order valence-corrected chi connectivity index (χ0v) is 8.19. The summed E-state index contributed by atoms with van der Waals surface area (Å²) >= 11 is 0. The van der Waals surface area contributed by atoms with Crippen molar-refractivity contribution in [1.29, 1.82) is 0 Å². The third-order valence-electron chi connectivity index (χ3n) is 2.82. The first-order valence-corrected chi connectivity index (χ1v) is 4.92. The van der Waals surface area contributed by atoms with E-state index in [0.29, 0.717) is 0 Å². The molecule has 0 aliphatic heterocycles. The molecule has 1 fully saturated rings. The number of nitrogens with one attached hydrogen (secondary N) is 1. The van der Waals surface area contributed by atoms with Crippen LogP contribution in [0, 0.1) is 23.7 Å².